The molecule has 0 N–H and O–H groups in total. The minimum atomic E-state index is -0.406. The Morgan fingerprint density at radius 2 is 1.36 bits per heavy atom. The first-order chi connectivity index (χ1) is 12.0. The Labute approximate surface area is 148 Å². The average molecular weight is 351 g/mol. The number of hydrogen-bond acceptors (Lipinski definition) is 5. The Kier molecular flexibility index (Phi) is 13.8. The summed E-state index contributed by atoms with van der Waals surface area (Å²) in [6.07, 6.45) is 14.4. The molecular weight excluding hydrogens is 324 g/mol. The third-order valence-corrected chi connectivity index (χ3v) is 3.61. The SMILES string of the molecule is CCCCC/C(=C\C/C=C\C/C=C(\CCCC[C]=O)[N+](=O)[O-])[N+](=O)[O-]. The lowest BCUT2D eigenvalue weighted by molar-refractivity contribution is -0.428. The fourth-order valence-electron chi connectivity index (χ4n) is 2.20. The van der Waals surface area contributed by atoms with E-state index in [0.29, 0.717) is 44.9 Å². The molecule has 0 atom stereocenters. The van der Waals surface area contributed by atoms with Gasteiger partial charge in [0.05, 0.1) is 9.85 Å². The van der Waals surface area contributed by atoms with Crippen LogP contribution in [0.15, 0.2) is 35.7 Å². The number of carbonyl (C=O) groups excluding carboxylic acids is 1. The molecule has 0 heterocycles. The van der Waals surface area contributed by atoms with E-state index in [1.165, 1.54) is 0 Å². The Bertz CT molecular complexity index is 510. The van der Waals surface area contributed by atoms with Crippen molar-refractivity contribution in [2.45, 2.75) is 71.1 Å². The third kappa shape index (κ3) is 12.7. The molecule has 0 fully saturated rings. The highest BCUT2D eigenvalue weighted by molar-refractivity contribution is 5.50. The van der Waals surface area contributed by atoms with Crippen LogP contribution in [0.5, 0.6) is 0 Å². The second kappa shape index (κ2) is 15.2. The Balaban J connectivity index is 4.36. The maximum Gasteiger partial charge on any atom is 0.242 e. The van der Waals surface area contributed by atoms with E-state index in [1.54, 1.807) is 30.6 Å². The van der Waals surface area contributed by atoms with Crippen LogP contribution < -0.4 is 0 Å². The highest BCUT2D eigenvalue weighted by Gasteiger charge is 2.09. The van der Waals surface area contributed by atoms with Gasteiger partial charge in [-0.3, -0.25) is 25.0 Å². The van der Waals surface area contributed by atoms with Gasteiger partial charge in [-0.05, 0) is 44.3 Å². The quantitative estimate of drug-likeness (QED) is 0.181. The molecule has 0 rings (SSSR count). The van der Waals surface area contributed by atoms with E-state index in [9.17, 15) is 25.0 Å². The smallest absolute Gasteiger partial charge is 0.242 e. The average Bonchev–Trinajstić information content (AvgIpc) is 2.57. The fourth-order valence-corrected chi connectivity index (χ4v) is 2.20. The van der Waals surface area contributed by atoms with E-state index >= 15 is 0 Å². The largest absolute Gasteiger partial charge is 0.291 e. The van der Waals surface area contributed by atoms with Gasteiger partial charge in [0.15, 0.2) is 6.29 Å². The monoisotopic (exact) mass is 351 g/mol. The predicted octanol–water partition coefficient (Wildman–Crippen LogP) is 4.89. The van der Waals surface area contributed by atoms with E-state index in [2.05, 4.69) is 0 Å². The first-order valence-corrected chi connectivity index (χ1v) is 8.69. The molecule has 7 heteroatoms. The summed E-state index contributed by atoms with van der Waals surface area (Å²) in [5, 5.41) is 21.9. The summed E-state index contributed by atoms with van der Waals surface area (Å²) >= 11 is 0. The molecule has 0 aromatic carbocycles. The van der Waals surface area contributed by atoms with E-state index in [-0.39, 0.29) is 16.3 Å². The van der Waals surface area contributed by atoms with Crippen LogP contribution in [0.1, 0.15) is 71.1 Å². The molecule has 1 radical (unpaired) electrons. The molecule has 0 aromatic rings. The summed E-state index contributed by atoms with van der Waals surface area (Å²) in [6.45, 7) is 2.05. The van der Waals surface area contributed by atoms with Crippen molar-refractivity contribution in [1.82, 2.24) is 0 Å². The van der Waals surface area contributed by atoms with Crippen LogP contribution in [-0.2, 0) is 4.79 Å². The molecule has 7 nitrogen and oxygen atoms in total. The van der Waals surface area contributed by atoms with Crippen molar-refractivity contribution in [1.29, 1.82) is 0 Å². The summed E-state index contributed by atoms with van der Waals surface area (Å²) in [7, 11) is 0. The second-order valence-electron chi connectivity index (χ2n) is 5.66. The van der Waals surface area contributed by atoms with E-state index < -0.39 is 4.92 Å². The minimum Gasteiger partial charge on any atom is -0.291 e. The van der Waals surface area contributed by atoms with Gasteiger partial charge in [0.25, 0.3) is 0 Å². The van der Waals surface area contributed by atoms with Crippen molar-refractivity contribution in [3.63, 3.8) is 0 Å². The van der Waals surface area contributed by atoms with Crippen LogP contribution in [0.25, 0.3) is 0 Å². The van der Waals surface area contributed by atoms with Crippen molar-refractivity contribution in [2.24, 2.45) is 0 Å². The Morgan fingerprint density at radius 1 is 0.880 bits per heavy atom. The van der Waals surface area contributed by atoms with Crippen LogP contribution in [0.3, 0.4) is 0 Å². The first kappa shape index (κ1) is 22.7. The van der Waals surface area contributed by atoms with Gasteiger partial charge in [0.1, 0.15) is 0 Å². The number of nitro groups is 2. The van der Waals surface area contributed by atoms with Crippen LogP contribution in [0.4, 0.5) is 0 Å². The first-order valence-electron chi connectivity index (χ1n) is 8.69. The predicted molar refractivity (Wildman–Crippen MR) is 96.8 cm³/mol. The fraction of sp³-hybridized carbons (Fsp3) is 0.611. The topological polar surface area (TPSA) is 103 Å². The highest BCUT2D eigenvalue weighted by atomic mass is 16.6. The zero-order chi connectivity index (χ0) is 18.9. The molecule has 0 saturated heterocycles. The summed E-state index contributed by atoms with van der Waals surface area (Å²) in [6, 6.07) is 0. The van der Waals surface area contributed by atoms with Crippen LogP contribution in [0, 0.1) is 20.2 Å². The van der Waals surface area contributed by atoms with Crippen LogP contribution >= 0.6 is 0 Å². The van der Waals surface area contributed by atoms with E-state index in [1.807, 2.05) is 6.92 Å². The van der Waals surface area contributed by atoms with Crippen LogP contribution in [-0.4, -0.2) is 16.1 Å². The minimum absolute atomic E-state index is 0.136. The van der Waals surface area contributed by atoms with Crippen molar-refractivity contribution in [2.75, 3.05) is 0 Å². The summed E-state index contributed by atoms with van der Waals surface area (Å²) in [5.41, 5.74) is 0.364. The van der Waals surface area contributed by atoms with Crippen LogP contribution in [0.2, 0.25) is 0 Å². The van der Waals surface area contributed by atoms with Crippen molar-refractivity contribution >= 4 is 6.29 Å². The van der Waals surface area contributed by atoms with Crippen molar-refractivity contribution < 1.29 is 14.6 Å². The molecule has 0 spiro atoms. The lowest BCUT2D eigenvalue weighted by Crippen LogP contribution is -1.99. The normalized spacial score (nSPS) is 12.5. The van der Waals surface area contributed by atoms with Gasteiger partial charge in [0.2, 0.25) is 11.4 Å². The molecule has 0 aliphatic rings. The van der Waals surface area contributed by atoms with Crippen molar-refractivity contribution in [3.05, 3.63) is 55.9 Å². The van der Waals surface area contributed by atoms with Gasteiger partial charge < -0.3 is 0 Å². The summed E-state index contributed by atoms with van der Waals surface area (Å²) in [4.78, 5) is 31.2. The molecule has 0 saturated carbocycles. The van der Waals surface area contributed by atoms with Gasteiger partial charge in [-0.15, -0.1) is 0 Å². The lowest BCUT2D eigenvalue weighted by Gasteiger charge is -1.98. The lowest BCUT2D eigenvalue weighted by atomic mass is 10.1. The van der Waals surface area contributed by atoms with Gasteiger partial charge in [-0.1, -0.05) is 31.9 Å². The van der Waals surface area contributed by atoms with Gasteiger partial charge >= 0.3 is 0 Å². The molecule has 0 aliphatic heterocycles. The molecule has 0 aromatic heterocycles. The van der Waals surface area contributed by atoms with Gasteiger partial charge in [-0.25, -0.2) is 0 Å². The maximum absolute atomic E-state index is 10.9. The molecule has 139 valence electrons. The van der Waals surface area contributed by atoms with E-state index in [4.69, 9.17) is 0 Å². The third-order valence-electron chi connectivity index (χ3n) is 3.61. The second-order valence-corrected chi connectivity index (χ2v) is 5.66. The van der Waals surface area contributed by atoms with E-state index in [0.717, 1.165) is 19.3 Å². The number of allylic oxidation sites excluding steroid dienone is 6. The number of nitrogens with zero attached hydrogens (tertiary/aromatic N) is 2. The molecule has 0 unspecified atom stereocenters. The zero-order valence-electron chi connectivity index (χ0n) is 14.8. The standard InChI is InChI=1S/C18H27N2O5/c1-2-3-7-12-17(19(22)23)13-8-4-5-9-14-18(20(24)25)15-10-6-11-16-21/h4-5,13-14H,2-3,6-12,15H2,1H3/b5-4-,17-13+,18-14+. The maximum atomic E-state index is 10.9. The number of hydrogen-bond donors (Lipinski definition) is 0. The zero-order valence-corrected chi connectivity index (χ0v) is 14.8. The Hall–Kier alpha value is -2.31. The highest BCUT2D eigenvalue weighted by Crippen LogP contribution is 2.12. The summed E-state index contributed by atoms with van der Waals surface area (Å²) in [5.74, 6) is 0. The van der Waals surface area contributed by atoms with Gasteiger partial charge in [-0.2, -0.15) is 0 Å². The molecule has 0 aliphatic carbocycles. The number of unbranched alkanes of at least 4 members (excludes halogenated alkanes) is 4. The summed E-state index contributed by atoms with van der Waals surface area (Å²) < 4.78 is 0. The number of rotatable bonds is 15. The molecule has 25 heavy (non-hydrogen) atoms. The molecular formula is C18H27N2O5. The Morgan fingerprint density at radius 3 is 1.76 bits per heavy atom. The molecule has 0 bridgehead atoms. The van der Waals surface area contributed by atoms with Gasteiger partial charge in [0, 0.05) is 19.3 Å². The molecule has 0 amide bonds. The van der Waals surface area contributed by atoms with Crippen molar-refractivity contribution in [3.8, 4) is 0 Å².